The Morgan fingerprint density at radius 2 is 2.00 bits per heavy atom. The highest BCUT2D eigenvalue weighted by molar-refractivity contribution is 9.10. The summed E-state index contributed by atoms with van der Waals surface area (Å²) in [5.74, 6) is -0.694. The van der Waals surface area contributed by atoms with Gasteiger partial charge in [-0.3, -0.25) is 4.79 Å². The third-order valence-electron chi connectivity index (χ3n) is 2.28. The van der Waals surface area contributed by atoms with Gasteiger partial charge in [-0.2, -0.15) is 0 Å². The van der Waals surface area contributed by atoms with Gasteiger partial charge in [0, 0.05) is 16.0 Å². The van der Waals surface area contributed by atoms with Crippen LogP contribution in [0.3, 0.4) is 0 Å². The van der Waals surface area contributed by atoms with E-state index < -0.39 is 5.97 Å². The zero-order chi connectivity index (χ0) is 13.0. The van der Waals surface area contributed by atoms with Crippen molar-refractivity contribution in [2.75, 3.05) is 6.61 Å². The number of carbonyl (C=O) groups is 2. The summed E-state index contributed by atoms with van der Waals surface area (Å²) in [4.78, 5) is 23.8. The number of hydrogen-bond acceptors (Lipinski definition) is 3. The lowest BCUT2D eigenvalue weighted by Gasteiger charge is -2.11. The predicted octanol–water partition coefficient (Wildman–Crippen LogP) is 3.46. The molecule has 0 aromatic heterocycles. The number of rotatable bonds is 4. The van der Waals surface area contributed by atoms with Crippen molar-refractivity contribution in [1.82, 2.24) is 0 Å². The van der Waals surface area contributed by atoms with Crippen LogP contribution in [0.4, 0.5) is 0 Å². The largest absolute Gasteiger partial charge is 0.462 e. The Bertz CT molecular complexity index is 438. The van der Waals surface area contributed by atoms with Crippen LogP contribution in [0, 0.1) is 5.92 Å². The molecule has 0 amide bonds. The van der Waals surface area contributed by atoms with Gasteiger partial charge < -0.3 is 4.74 Å². The Kier molecular flexibility index (Phi) is 4.87. The van der Waals surface area contributed by atoms with Crippen LogP contribution in [-0.2, 0) is 4.74 Å². The summed E-state index contributed by atoms with van der Waals surface area (Å²) in [5, 5.41) is 0. The fraction of sp³-hybridized carbons (Fsp3) is 0.385. The summed E-state index contributed by atoms with van der Waals surface area (Å²) in [5.41, 5.74) is 0.723. The van der Waals surface area contributed by atoms with Gasteiger partial charge in [0.1, 0.15) is 0 Å². The maximum Gasteiger partial charge on any atom is 0.338 e. The smallest absolute Gasteiger partial charge is 0.338 e. The first-order valence-corrected chi connectivity index (χ1v) is 6.28. The first-order chi connectivity index (χ1) is 7.99. The minimum absolute atomic E-state index is 0.0690. The lowest BCUT2D eigenvalue weighted by molar-refractivity contribution is 0.0522. The van der Waals surface area contributed by atoms with E-state index in [2.05, 4.69) is 15.9 Å². The number of halogens is 1. The van der Waals surface area contributed by atoms with Crippen LogP contribution in [0.15, 0.2) is 22.7 Å². The second-order valence-electron chi connectivity index (χ2n) is 3.90. The second kappa shape index (κ2) is 5.96. The number of ether oxygens (including phenoxy) is 1. The molecule has 92 valence electrons. The molecule has 0 saturated heterocycles. The molecule has 3 nitrogen and oxygen atoms in total. The molecule has 0 bridgehead atoms. The van der Waals surface area contributed by atoms with Gasteiger partial charge in [0.15, 0.2) is 5.78 Å². The highest BCUT2D eigenvalue weighted by Gasteiger charge is 2.22. The highest BCUT2D eigenvalue weighted by atomic mass is 79.9. The average molecular weight is 299 g/mol. The van der Waals surface area contributed by atoms with Gasteiger partial charge >= 0.3 is 5.97 Å². The fourth-order valence-corrected chi connectivity index (χ4v) is 2.00. The van der Waals surface area contributed by atoms with E-state index in [9.17, 15) is 9.59 Å². The van der Waals surface area contributed by atoms with Gasteiger partial charge in [-0.05, 0) is 19.1 Å². The van der Waals surface area contributed by atoms with Crippen LogP contribution >= 0.6 is 15.9 Å². The van der Waals surface area contributed by atoms with Gasteiger partial charge in [-0.15, -0.1) is 0 Å². The van der Waals surface area contributed by atoms with Crippen LogP contribution < -0.4 is 0 Å². The monoisotopic (exact) mass is 298 g/mol. The Morgan fingerprint density at radius 3 is 2.53 bits per heavy atom. The molecule has 0 aliphatic rings. The average Bonchev–Trinajstić information content (AvgIpc) is 2.28. The van der Waals surface area contributed by atoms with E-state index in [0.29, 0.717) is 22.2 Å². The maximum absolute atomic E-state index is 12.1. The molecule has 0 spiro atoms. The van der Waals surface area contributed by atoms with Crippen molar-refractivity contribution < 1.29 is 14.3 Å². The van der Waals surface area contributed by atoms with Crippen LogP contribution in [0.25, 0.3) is 0 Å². The van der Waals surface area contributed by atoms with Crippen molar-refractivity contribution in [2.45, 2.75) is 20.8 Å². The molecule has 0 atom stereocenters. The molecule has 0 fully saturated rings. The van der Waals surface area contributed by atoms with Crippen molar-refractivity contribution in [3.63, 3.8) is 0 Å². The van der Waals surface area contributed by atoms with Crippen LogP contribution in [0.2, 0.25) is 0 Å². The van der Waals surface area contributed by atoms with Crippen molar-refractivity contribution >= 4 is 27.7 Å². The zero-order valence-corrected chi connectivity index (χ0v) is 11.7. The van der Waals surface area contributed by atoms with E-state index in [0.717, 1.165) is 0 Å². The van der Waals surface area contributed by atoms with E-state index >= 15 is 0 Å². The molecule has 0 aliphatic carbocycles. The molecule has 1 aromatic rings. The predicted molar refractivity (Wildman–Crippen MR) is 69.3 cm³/mol. The Morgan fingerprint density at radius 1 is 1.35 bits per heavy atom. The third kappa shape index (κ3) is 3.16. The maximum atomic E-state index is 12.1. The summed E-state index contributed by atoms with van der Waals surface area (Å²) in [7, 11) is 0. The van der Waals surface area contributed by atoms with E-state index in [1.165, 1.54) is 0 Å². The van der Waals surface area contributed by atoms with E-state index in [1.54, 1.807) is 39.0 Å². The fourth-order valence-electron chi connectivity index (χ4n) is 1.44. The van der Waals surface area contributed by atoms with E-state index in [-0.39, 0.29) is 11.7 Å². The van der Waals surface area contributed by atoms with E-state index in [4.69, 9.17) is 4.74 Å². The highest BCUT2D eigenvalue weighted by Crippen LogP contribution is 2.24. The van der Waals surface area contributed by atoms with Crippen LogP contribution in [-0.4, -0.2) is 18.4 Å². The van der Waals surface area contributed by atoms with Crippen LogP contribution in [0.1, 0.15) is 41.5 Å². The lowest BCUT2D eigenvalue weighted by atomic mass is 9.96. The molecule has 0 unspecified atom stereocenters. The number of carbonyl (C=O) groups excluding carboxylic acids is 2. The SMILES string of the molecule is CCOC(=O)c1cccc(Br)c1C(=O)C(C)C. The first-order valence-electron chi connectivity index (χ1n) is 5.48. The number of esters is 1. The standard InChI is InChI=1S/C13H15BrO3/c1-4-17-13(16)9-6-5-7-10(14)11(9)12(15)8(2)3/h5-8H,4H2,1-3H3. The molecule has 4 heteroatoms. The molecule has 0 N–H and O–H groups in total. The minimum Gasteiger partial charge on any atom is -0.462 e. The molecule has 0 saturated carbocycles. The number of benzene rings is 1. The quantitative estimate of drug-likeness (QED) is 0.631. The Balaban J connectivity index is 3.26. The lowest BCUT2D eigenvalue weighted by Crippen LogP contribution is -2.16. The molecule has 0 aliphatic heterocycles. The Labute approximate surface area is 109 Å². The third-order valence-corrected chi connectivity index (χ3v) is 2.94. The van der Waals surface area contributed by atoms with Crippen molar-refractivity contribution in [1.29, 1.82) is 0 Å². The number of hydrogen-bond donors (Lipinski definition) is 0. The summed E-state index contributed by atoms with van der Waals surface area (Å²) in [6, 6.07) is 5.07. The first kappa shape index (κ1) is 13.9. The molecule has 1 aromatic carbocycles. The van der Waals surface area contributed by atoms with Gasteiger partial charge in [0.2, 0.25) is 0 Å². The zero-order valence-electron chi connectivity index (χ0n) is 10.1. The van der Waals surface area contributed by atoms with Gasteiger partial charge in [0.25, 0.3) is 0 Å². The second-order valence-corrected chi connectivity index (χ2v) is 4.76. The molecule has 0 heterocycles. The summed E-state index contributed by atoms with van der Waals surface area (Å²) in [6.45, 7) is 5.63. The number of ketones is 1. The van der Waals surface area contributed by atoms with Gasteiger partial charge in [-0.1, -0.05) is 35.8 Å². The summed E-state index contributed by atoms with van der Waals surface area (Å²) in [6.07, 6.45) is 0. The molecule has 17 heavy (non-hydrogen) atoms. The normalized spacial score (nSPS) is 10.4. The summed E-state index contributed by atoms with van der Waals surface area (Å²) < 4.78 is 5.57. The van der Waals surface area contributed by atoms with Crippen molar-refractivity contribution in [3.8, 4) is 0 Å². The van der Waals surface area contributed by atoms with E-state index in [1.807, 2.05) is 0 Å². The van der Waals surface area contributed by atoms with Gasteiger partial charge in [0.05, 0.1) is 12.2 Å². The topological polar surface area (TPSA) is 43.4 Å². The van der Waals surface area contributed by atoms with Crippen molar-refractivity contribution in [2.24, 2.45) is 5.92 Å². The summed E-state index contributed by atoms with van der Waals surface area (Å²) >= 11 is 3.31. The molecular weight excluding hydrogens is 284 g/mol. The van der Waals surface area contributed by atoms with Crippen LogP contribution in [0.5, 0.6) is 0 Å². The minimum atomic E-state index is -0.460. The Hall–Kier alpha value is -1.16. The molecular formula is C13H15BrO3. The van der Waals surface area contributed by atoms with Crippen molar-refractivity contribution in [3.05, 3.63) is 33.8 Å². The molecule has 0 radical (unpaired) electrons. The van der Waals surface area contributed by atoms with Gasteiger partial charge in [-0.25, -0.2) is 4.79 Å². The number of Topliss-reactive ketones (excluding diaryl/α,β-unsaturated/α-hetero) is 1. The molecule has 1 rings (SSSR count).